The molecule has 1 atom stereocenters. The molecule has 0 spiro atoms. The molecule has 0 bridgehead atoms. The number of benzene rings is 3. The normalized spacial score (nSPS) is 12.2. The van der Waals surface area contributed by atoms with Gasteiger partial charge in [-0.25, -0.2) is 4.39 Å². The Labute approximate surface area is 221 Å². The molecule has 37 heavy (non-hydrogen) atoms. The predicted molar refractivity (Wildman–Crippen MR) is 135 cm³/mol. The summed E-state index contributed by atoms with van der Waals surface area (Å²) in [6.45, 7) is 0.471. The summed E-state index contributed by atoms with van der Waals surface area (Å²) >= 11 is 12.5. The van der Waals surface area contributed by atoms with E-state index in [1.54, 1.807) is 24.3 Å². The molecule has 0 aliphatic carbocycles. The first-order valence-electron chi connectivity index (χ1n) is 11.3. The minimum absolute atomic E-state index is 0.138. The van der Waals surface area contributed by atoms with Crippen LogP contribution < -0.4 is 0 Å². The van der Waals surface area contributed by atoms with Crippen LogP contribution in [0.25, 0.3) is 22.8 Å². The Balaban J connectivity index is 1.38. The summed E-state index contributed by atoms with van der Waals surface area (Å²) in [5.41, 5.74) is 1.83. The molecule has 0 unspecified atom stereocenters. The number of halogens is 3. The van der Waals surface area contributed by atoms with Crippen molar-refractivity contribution in [2.24, 2.45) is 0 Å². The van der Waals surface area contributed by atoms with Gasteiger partial charge < -0.3 is 14.2 Å². The van der Waals surface area contributed by atoms with E-state index < -0.39 is 6.10 Å². The van der Waals surface area contributed by atoms with Gasteiger partial charge in [-0.1, -0.05) is 69.9 Å². The summed E-state index contributed by atoms with van der Waals surface area (Å²) in [5, 5.41) is 19.9. The van der Waals surface area contributed by atoms with Crippen molar-refractivity contribution >= 4 is 23.2 Å². The molecule has 3 aromatic carbocycles. The molecule has 0 saturated carbocycles. The second kappa shape index (κ2) is 11.2. The number of aromatic nitrogens is 4. The van der Waals surface area contributed by atoms with E-state index in [2.05, 4.69) is 20.3 Å². The lowest BCUT2D eigenvalue weighted by Crippen LogP contribution is -2.28. The van der Waals surface area contributed by atoms with Crippen molar-refractivity contribution in [3.63, 3.8) is 0 Å². The average molecular weight is 540 g/mol. The van der Waals surface area contributed by atoms with Crippen LogP contribution in [0.3, 0.4) is 0 Å². The molecule has 2 heterocycles. The molecule has 0 aliphatic rings. The molecule has 5 rings (SSSR count). The molecule has 2 aromatic heterocycles. The number of nitrogens with zero attached hydrogens (tertiary/aromatic N) is 5. The monoisotopic (exact) mass is 539 g/mol. The zero-order valence-electron chi connectivity index (χ0n) is 19.3. The van der Waals surface area contributed by atoms with Gasteiger partial charge in [0, 0.05) is 17.7 Å². The van der Waals surface area contributed by atoms with Crippen LogP contribution in [0.1, 0.15) is 23.4 Å². The van der Waals surface area contributed by atoms with Gasteiger partial charge in [-0.3, -0.25) is 4.90 Å². The minimum Gasteiger partial charge on any atom is -0.387 e. The maximum absolute atomic E-state index is 13.4. The number of aliphatic hydroxyl groups excluding tert-OH is 1. The van der Waals surface area contributed by atoms with Crippen molar-refractivity contribution in [2.45, 2.75) is 19.2 Å². The summed E-state index contributed by atoms with van der Waals surface area (Å²) in [4.78, 5) is 10.7. The number of hydrogen-bond acceptors (Lipinski definition) is 8. The minimum atomic E-state index is -0.933. The van der Waals surface area contributed by atoms with E-state index in [9.17, 15) is 9.50 Å². The number of rotatable bonds is 9. The third kappa shape index (κ3) is 6.03. The molecule has 1 N–H and O–H groups in total. The lowest BCUT2D eigenvalue weighted by molar-refractivity contribution is 0.0905. The second-order valence-electron chi connectivity index (χ2n) is 8.22. The standard InChI is InChI=1S/C26H20Cl2FN5O3/c27-20-7-3-1-5-18(20)25-30-23(36-32-25)14-34(13-22(35)16-9-11-17(29)12-10-16)15-24-31-26(33-37-24)19-6-2-4-8-21(19)28/h1-12,22,35H,13-15H2/t22-/m0/s1. The van der Waals surface area contributed by atoms with Crippen LogP contribution in [0.5, 0.6) is 0 Å². The maximum Gasteiger partial charge on any atom is 0.241 e. The van der Waals surface area contributed by atoms with Crippen LogP contribution in [-0.2, 0) is 13.1 Å². The van der Waals surface area contributed by atoms with Crippen LogP contribution in [0.15, 0.2) is 81.8 Å². The fourth-order valence-corrected chi connectivity index (χ4v) is 4.19. The second-order valence-corrected chi connectivity index (χ2v) is 9.03. The van der Waals surface area contributed by atoms with E-state index in [-0.39, 0.29) is 25.5 Å². The van der Waals surface area contributed by atoms with Gasteiger partial charge in [0.2, 0.25) is 23.4 Å². The fourth-order valence-electron chi connectivity index (χ4n) is 3.74. The quantitative estimate of drug-likeness (QED) is 0.244. The van der Waals surface area contributed by atoms with Gasteiger partial charge in [-0.2, -0.15) is 9.97 Å². The predicted octanol–water partition coefficient (Wildman–Crippen LogP) is 5.97. The molecule has 0 aliphatic heterocycles. The zero-order chi connectivity index (χ0) is 25.8. The number of aliphatic hydroxyl groups is 1. The molecule has 0 saturated heterocycles. The van der Waals surface area contributed by atoms with E-state index in [0.717, 1.165) is 0 Å². The molecule has 0 amide bonds. The lowest BCUT2D eigenvalue weighted by Gasteiger charge is -2.22. The third-order valence-corrected chi connectivity index (χ3v) is 6.23. The van der Waals surface area contributed by atoms with Crippen molar-refractivity contribution in [1.82, 2.24) is 25.2 Å². The van der Waals surface area contributed by atoms with Crippen molar-refractivity contribution in [3.8, 4) is 22.8 Å². The Morgan fingerprint density at radius 1 is 0.757 bits per heavy atom. The van der Waals surface area contributed by atoms with Crippen LogP contribution in [0.4, 0.5) is 4.39 Å². The Hall–Kier alpha value is -3.63. The van der Waals surface area contributed by atoms with E-state index in [4.69, 9.17) is 32.2 Å². The highest BCUT2D eigenvalue weighted by atomic mass is 35.5. The highest BCUT2D eigenvalue weighted by Crippen LogP contribution is 2.27. The SMILES string of the molecule is O[C@@H](CN(Cc1nc(-c2ccccc2Cl)no1)Cc1nc(-c2ccccc2Cl)no1)c1ccc(F)cc1. The van der Waals surface area contributed by atoms with Gasteiger partial charge >= 0.3 is 0 Å². The summed E-state index contributed by atoms with van der Waals surface area (Å²) in [6, 6.07) is 20.0. The van der Waals surface area contributed by atoms with E-state index in [0.29, 0.717) is 50.2 Å². The topological polar surface area (TPSA) is 101 Å². The van der Waals surface area contributed by atoms with Gasteiger partial charge in [-0.15, -0.1) is 0 Å². The molecule has 0 fully saturated rings. The maximum atomic E-state index is 13.4. The number of hydrogen-bond donors (Lipinski definition) is 1. The average Bonchev–Trinajstić information content (AvgIpc) is 3.55. The molecule has 8 nitrogen and oxygen atoms in total. The fraction of sp³-hybridized carbons (Fsp3) is 0.154. The molecule has 0 radical (unpaired) electrons. The van der Waals surface area contributed by atoms with Crippen LogP contribution in [0.2, 0.25) is 10.0 Å². The van der Waals surface area contributed by atoms with Gasteiger partial charge in [0.1, 0.15) is 5.82 Å². The van der Waals surface area contributed by atoms with Crippen molar-refractivity contribution in [1.29, 1.82) is 0 Å². The summed E-state index contributed by atoms with van der Waals surface area (Å²) in [6.07, 6.45) is -0.933. The Morgan fingerprint density at radius 2 is 1.24 bits per heavy atom. The van der Waals surface area contributed by atoms with Crippen LogP contribution in [-0.4, -0.2) is 36.8 Å². The smallest absolute Gasteiger partial charge is 0.241 e. The third-order valence-electron chi connectivity index (χ3n) is 5.57. The van der Waals surface area contributed by atoms with Crippen LogP contribution >= 0.6 is 23.2 Å². The van der Waals surface area contributed by atoms with Crippen molar-refractivity contribution < 1.29 is 18.5 Å². The molecular formula is C26H20Cl2FN5O3. The largest absolute Gasteiger partial charge is 0.387 e. The van der Waals surface area contributed by atoms with Crippen molar-refractivity contribution in [3.05, 3.63) is 106 Å². The first kappa shape index (κ1) is 25.0. The van der Waals surface area contributed by atoms with Crippen LogP contribution in [0, 0.1) is 5.82 Å². The van der Waals surface area contributed by atoms with Gasteiger partial charge in [0.25, 0.3) is 0 Å². The lowest BCUT2D eigenvalue weighted by atomic mass is 10.1. The van der Waals surface area contributed by atoms with Gasteiger partial charge in [0.05, 0.1) is 29.2 Å². The van der Waals surface area contributed by atoms with E-state index >= 15 is 0 Å². The molecular weight excluding hydrogens is 520 g/mol. The Kier molecular flexibility index (Phi) is 7.57. The highest BCUT2D eigenvalue weighted by Gasteiger charge is 2.21. The molecule has 188 valence electrons. The van der Waals surface area contributed by atoms with E-state index in [1.165, 1.54) is 24.3 Å². The first-order valence-corrected chi connectivity index (χ1v) is 12.0. The Morgan fingerprint density at radius 3 is 1.73 bits per heavy atom. The Bertz CT molecular complexity index is 1410. The molecule has 11 heteroatoms. The van der Waals surface area contributed by atoms with Gasteiger partial charge in [0.15, 0.2) is 0 Å². The summed E-state index contributed by atoms with van der Waals surface area (Å²) < 4.78 is 24.3. The van der Waals surface area contributed by atoms with E-state index in [1.807, 2.05) is 29.2 Å². The summed E-state index contributed by atoms with van der Waals surface area (Å²) in [5.74, 6) is 0.903. The van der Waals surface area contributed by atoms with Crippen molar-refractivity contribution in [2.75, 3.05) is 6.54 Å². The molecule has 5 aromatic rings. The highest BCUT2D eigenvalue weighted by molar-refractivity contribution is 6.33. The first-order chi connectivity index (χ1) is 18.0. The van der Waals surface area contributed by atoms with Gasteiger partial charge in [-0.05, 0) is 42.0 Å². The summed E-state index contributed by atoms with van der Waals surface area (Å²) in [7, 11) is 0. The zero-order valence-corrected chi connectivity index (χ0v) is 20.8.